The summed E-state index contributed by atoms with van der Waals surface area (Å²) in [7, 11) is 1.55. The summed E-state index contributed by atoms with van der Waals surface area (Å²) in [6, 6.07) is 12.8. The average molecular weight is 384 g/mol. The maximum Gasteiger partial charge on any atom is 0.125 e. The molecule has 144 valence electrons. The van der Waals surface area contributed by atoms with Crippen LogP contribution in [-0.4, -0.2) is 25.7 Å². The van der Waals surface area contributed by atoms with Gasteiger partial charge in [-0.2, -0.15) is 0 Å². The summed E-state index contributed by atoms with van der Waals surface area (Å²) in [5.41, 5.74) is 4.76. The first kappa shape index (κ1) is 21.1. The molecule has 0 unspecified atom stereocenters. The third-order valence-corrected chi connectivity index (χ3v) is 5.09. The summed E-state index contributed by atoms with van der Waals surface area (Å²) in [4.78, 5) is 6.00. The van der Waals surface area contributed by atoms with E-state index in [1.807, 2.05) is 11.8 Å². The number of hydrogen-bond donors (Lipinski definition) is 0. The highest BCUT2D eigenvalue weighted by molar-refractivity contribution is 7.99. The van der Waals surface area contributed by atoms with Crippen molar-refractivity contribution in [3.05, 3.63) is 70.8 Å². The van der Waals surface area contributed by atoms with Gasteiger partial charge < -0.3 is 9.57 Å². The summed E-state index contributed by atoms with van der Waals surface area (Å²) in [5.74, 6) is 2.03. The summed E-state index contributed by atoms with van der Waals surface area (Å²) in [6.45, 7) is 7.03. The Labute approximate surface area is 167 Å². The summed E-state index contributed by atoms with van der Waals surface area (Å²) < 4.78 is 6.09. The Morgan fingerprint density at radius 1 is 1.07 bits per heavy atom. The molecule has 0 radical (unpaired) electrons. The molecule has 3 nitrogen and oxygen atoms in total. The van der Waals surface area contributed by atoms with E-state index in [0.717, 1.165) is 36.5 Å². The quantitative estimate of drug-likeness (QED) is 0.167. The predicted octanol–water partition coefficient (Wildman–Crippen LogP) is 5.96. The van der Waals surface area contributed by atoms with Gasteiger partial charge in [0.25, 0.3) is 0 Å². The summed E-state index contributed by atoms with van der Waals surface area (Å²) in [5, 5.41) is 3.77. The van der Waals surface area contributed by atoms with Gasteiger partial charge in [0.1, 0.15) is 12.9 Å². The van der Waals surface area contributed by atoms with Gasteiger partial charge in [-0.25, -0.2) is 0 Å². The molecule has 0 aliphatic carbocycles. The van der Waals surface area contributed by atoms with Crippen molar-refractivity contribution in [2.75, 3.05) is 19.5 Å². The van der Waals surface area contributed by atoms with Crippen molar-refractivity contribution in [3.63, 3.8) is 0 Å². The van der Waals surface area contributed by atoms with Crippen LogP contribution in [0.3, 0.4) is 0 Å². The summed E-state index contributed by atoms with van der Waals surface area (Å²) in [6.07, 6.45) is 7.96. The van der Waals surface area contributed by atoms with Crippen molar-refractivity contribution >= 4 is 18.0 Å². The molecule has 0 aliphatic rings. The molecule has 0 saturated carbocycles. The van der Waals surface area contributed by atoms with E-state index in [1.165, 1.54) is 21.6 Å². The molecule has 2 rings (SSSR count). The Bertz CT molecular complexity index is 743. The van der Waals surface area contributed by atoms with Gasteiger partial charge in [-0.05, 0) is 68.0 Å². The van der Waals surface area contributed by atoms with Gasteiger partial charge in [0.2, 0.25) is 0 Å². The first-order valence-electron chi connectivity index (χ1n) is 9.27. The molecule has 2 aromatic carbocycles. The van der Waals surface area contributed by atoms with Crippen LogP contribution in [0.1, 0.15) is 35.6 Å². The Kier molecular flexibility index (Phi) is 8.99. The van der Waals surface area contributed by atoms with E-state index in [1.54, 1.807) is 13.3 Å². The van der Waals surface area contributed by atoms with Gasteiger partial charge in [-0.3, -0.25) is 0 Å². The van der Waals surface area contributed by atoms with Gasteiger partial charge in [0, 0.05) is 10.6 Å². The average Bonchev–Trinajstić information content (AvgIpc) is 2.66. The van der Waals surface area contributed by atoms with Crippen LogP contribution in [0.5, 0.6) is 5.75 Å². The molecular formula is C23H29NO2S. The minimum atomic E-state index is 0.722. The number of allylic oxidation sites excluding steroid dienone is 1. The smallest absolute Gasteiger partial charge is 0.125 e. The van der Waals surface area contributed by atoms with Gasteiger partial charge in [-0.1, -0.05) is 41.6 Å². The Morgan fingerprint density at radius 3 is 2.41 bits per heavy atom. The third kappa shape index (κ3) is 7.14. The van der Waals surface area contributed by atoms with Crippen molar-refractivity contribution in [3.8, 4) is 5.75 Å². The lowest BCUT2D eigenvalue weighted by molar-refractivity contribution is 0.215. The van der Waals surface area contributed by atoms with E-state index in [4.69, 9.17) is 9.57 Å². The van der Waals surface area contributed by atoms with E-state index in [0.29, 0.717) is 0 Å². The lowest BCUT2D eigenvalue weighted by atomic mass is 10.1. The van der Waals surface area contributed by atoms with Crippen molar-refractivity contribution in [2.24, 2.45) is 5.16 Å². The van der Waals surface area contributed by atoms with Crippen LogP contribution >= 0.6 is 11.8 Å². The second-order valence-electron chi connectivity index (χ2n) is 6.38. The number of ether oxygens (including phenoxy) is 1. The van der Waals surface area contributed by atoms with Crippen LogP contribution in [0.25, 0.3) is 0 Å². The molecule has 0 saturated heterocycles. The first-order chi connectivity index (χ1) is 13.1. The molecule has 0 N–H and O–H groups in total. The molecular weight excluding hydrogens is 354 g/mol. The number of oxime groups is 1. The zero-order valence-electron chi connectivity index (χ0n) is 16.7. The summed E-state index contributed by atoms with van der Waals surface area (Å²) >= 11 is 1.85. The lowest BCUT2D eigenvalue weighted by Crippen LogP contribution is -2.02. The third-order valence-electron chi connectivity index (χ3n) is 4.16. The molecule has 4 heteroatoms. The molecule has 0 heterocycles. The second kappa shape index (κ2) is 11.5. The van der Waals surface area contributed by atoms with Crippen molar-refractivity contribution in [1.82, 2.24) is 0 Å². The van der Waals surface area contributed by atoms with Crippen LogP contribution in [0.4, 0.5) is 0 Å². The standard InChI is InChI=1S/C23H29NO2S/c1-5-6-14-27-22-15-18(2)23(19(3)16-22)26-13-7-8-20-9-11-21(12-10-20)17-24-25-4/h5-6,9-12,15-17H,7-8,13-14H2,1-4H3/b6-5+,24-17+. The van der Waals surface area contributed by atoms with Crippen LogP contribution in [0.2, 0.25) is 0 Å². The molecule has 0 amide bonds. The van der Waals surface area contributed by atoms with Gasteiger partial charge >= 0.3 is 0 Å². The van der Waals surface area contributed by atoms with Gasteiger partial charge in [-0.15, -0.1) is 11.8 Å². The lowest BCUT2D eigenvalue weighted by Gasteiger charge is -2.14. The number of aryl methyl sites for hydroxylation is 3. The number of benzene rings is 2. The highest BCUT2D eigenvalue weighted by Crippen LogP contribution is 2.30. The van der Waals surface area contributed by atoms with Crippen LogP contribution in [0, 0.1) is 13.8 Å². The van der Waals surface area contributed by atoms with E-state index in [2.05, 4.69) is 74.5 Å². The topological polar surface area (TPSA) is 30.8 Å². The Hall–Kier alpha value is -2.20. The molecule has 2 aromatic rings. The predicted molar refractivity (Wildman–Crippen MR) is 116 cm³/mol. The first-order valence-corrected chi connectivity index (χ1v) is 10.3. The second-order valence-corrected chi connectivity index (χ2v) is 7.47. The van der Waals surface area contributed by atoms with Crippen LogP contribution in [-0.2, 0) is 11.3 Å². The molecule has 0 fully saturated rings. The highest BCUT2D eigenvalue weighted by Gasteiger charge is 2.07. The van der Waals surface area contributed by atoms with Crippen molar-refractivity contribution < 1.29 is 9.57 Å². The zero-order valence-corrected chi connectivity index (χ0v) is 17.5. The van der Waals surface area contributed by atoms with Gasteiger partial charge in [0.05, 0.1) is 12.8 Å². The minimum absolute atomic E-state index is 0.722. The molecule has 0 aromatic heterocycles. The van der Waals surface area contributed by atoms with E-state index in [9.17, 15) is 0 Å². The molecule has 0 bridgehead atoms. The van der Waals surface area contributed by atoms with Crippen LogP contribution in [0.15, 0.2) is 58.6 Å². The van der Waals surface area contributed by atoms with Crippen LogP contribution < -0.4 is 4.74 Å². The molecule has 27 heavy (non-hydrogen) atoms. The molecule has 0 spiro atoms. The Morgan fingerprint density at radius 2 is 1.78 bits per heavy atom. The maximum absolute atomic E-state index is 6.09. The normalized spacial score (nSPS) is 11.4. The van der Waals surface area contributed by atoms with E-state index >= 15 is 0 Å². The van der Waals surface area contributed by atoms with Gasteiger partial charge in [0.15, 0.2) is 0 Å². The number of thioether (sulfide) groups is 1. The van der Waals surface area contributed by atoms with Crippen molar-refractivity contribution in [1.29, 1.82) is 0 Å². The van der Waals surface area contributed by atoms with E-state index < -0.39 is 0 Å². The monoisotopic (exact) mass is 383 g/mol. The fourth-order valence-electron chi connectivity index (χ4n) is 2.80. The SMILES string of the molecule is C/C=C/CSc1cc(C)c(OCCCc2ccc(/C=N/OC)cc2)c(C)c1. The largest absolute Gasteiger partial charge is 0.493 e. The Balaban J connectivity index is 1.83. The fraction of sp³-hybridized carbons (Fsp3) is 0.348. The fourth-order valence-corrected chi connectivity index (χ4v) is 3.80. The number of hydrogen-bond acceptors (Lipinski definition) is 4. The van der Waals surface area contributed by atoms with E-state index in [-0.39, 0.29) is 0 Å². The number of nitrogens with zero attached hydrogens (tertiary/aromatic N) is 1. The highest BCUT2D eigenvalue weighted by atomic mass is 32.2. The number of rotatable bonds is 10. The minimum Gasteiger partial charge on any atom is -0.493 e. The molecule has 0 aliphatic heterocycles. The molecule has 0 atom stereocenters. The maximum atomic E-state index is 6.09. The van der Waals surface area contributed by atoms with Crippen molar-refractivity contribution in [2.45, 2.75) is 38.5 Å². The zero-order chi connectivity index (χ0) is 19.5.